The summed E-state index contributed by atoms with van der Waals surface area (Å²) in [6.07, 6.45) is 1.71. The van der Waals surface area contributed by atoms with Crippen LogP contribution in [0.25, 0.3) is 5.57 Å². The number of Topliss-reactive ketones (excluding diaryl/α,β-unsaturated/α-hetero) is 1. The predicted molar refractivity (Wildman–Crippen MR) is 88.5 cm³/mol. The Bertz CT molecular complexity index is 554. The van der Waals surface area contributed by atoms with E-state index in [1.54, 1.807) is 13.0 Å². The lowest BCUT2D eigenvalue weighted by Crippen LogP contribution is -2.43. The SMILES string of the molecule is C=CC(=C)c1cc(CN2CCN(C)CC2)ccc1C(C)=O. The molecular weight excluding hydrogens is 260 g/mol. The number of piperazine rings is 1. The van der Waals surface area contributed by atoms with Crippen molar-refractivity contribution < 1.29 is 4.79 Å². The van der Waals surface area contributed by atoms with Crippen molar-refractivity contribution in [2.45, 2.75) is 13.5 Å². The third-order valence-electron chi connectivity index (χ3n) is 4.06. The first-order valence-electron chi connectivity index (χ1n) is 7.37. The number of carbonyl (C=O) groups excluding carboxylic acids is 1. The lowest BCUT2D eigenvalue weighted by molar-refractivity contribution is 0.101. The van der Waals surface area contributed by atoms with Crippen LogP contribution in [-0.4, -0.2) is 48.8 Å². The highest BCUT2D eigenvalue weighted by Gasteiger charge is 2.15. The zero-order valence-corrected chi connectivity index (χ0v) is 13.1. The number of likely N-dealkylation sites (N-methyl/N-ethyl adjacent to an activating group) is 1. The molecule has 0 unspecified atom stereocenters. The molecule has 1 aromatic rings. The molecule has 0 spiro atoms. The van der Waals surface area contributed by atoms with Gasteiger partial charge in [0.05, 0.1) is 0 Å². The van der Waals surface area contributed by atoms with Gasteiger partial charge < -0.3 is 4.90 Å². The first-order chi connectivity index (χ1) is 10.0. The molecule has 0 bridgehead atoms. The number of carbonyl (C=O) groups is 1. The molecule has 112 valence electrons. The van der Waals surface area contributed by atoms with Crippen molar-refractivity contribution in [2.24, 2.45) is 0 Å². The van der Waals surface area contributed by atoms with E-state index >= 15 is 0 Å². The Morgan fingerprint density at radius 3 is 2.48 bits per heavy atom. The molecule has 1 aromatic carbocycles. The van der Waals surface area contributed by atoms with E-state index in [9.17, 15) is 4.79 Å². The summed E-state index contributed by atoms with van der Waals surface area (Å²) in [4.78, 5) is 16.5. The highest BCUT2D eigenvalue weighted by atomic mass is 16.1. The molecule has 0 amide bonds. The third kappa shape index (κ3) is 3.90. The second-order valence-corrected chi connectivity index (χ2v) is 5.74. The van der Waals surface area contributed by atoms with Gasteiger partial charge in [0.15, 0.2) is 5.78 Å². The number of hydrogen-bond acceptors (Lipinski definition) is 3. The number of nitrogens with zero attached hydrogens (tertiary/aromatic N) is 2. The summed E-state index contributed by atoms with van der Waals surface area (Å²) in [6.45, 7) is 14.7. The number of rotatable bonds is 5. The Morgan fingerprint density at radius 2 is 1.90 bits per heavy atom. The fourth-order valence-electron chi connectivity index (χ4n) is 2.64. The largest absolute Gasteiger partial charge is 0.304 e. The van der Waals surface area contributed by atoms with Crippen molar-refractivity contribution in [2.75, 3.05) is 33.2 Å². The summed E-state index contributed by atoms with van der Waals surface area (Å²) >= 11 is 0. The van der Waals surface area contributed by atoms with E-state index in [0.717, 1.165) is 49.4 Å². The lowest BCUT2D eigenvalue weighted by atomic mass is 9.95. The molecule has 3 heteroatoms. The van der Waals surface area contributed by atoms with Gasteiger partial charge in [0, 0.05) is 38.3 Å². The smallest absolute Gasteiger partial charge is 0.160 e. The van der Waals surface area contributed by atoms with Crippen LogP contribution in [0, 0.1) is 0 Å². The minimum absolute atomic E-state index is 0.0687. The molecule has 2 rings (SSSR count). The average Bonchev–Trinajstić information content (AvgIpc) is 2.48. The van der Waals surface area contributed by atoms with E-state index < -0.39 is 0 Å². The first kappa shape index (κ1) is 15.7. The van der Waals surface area contributed by atoms with Crippen molar-refractivity contribution in [3.8, 4) is 0 Å². The van der Waals surface area contributed by atoms with E-state index in [1.165, 1.54) is 5.56 Å². The molecule has 21 heavy (non-hydrogen) atoms. The molecule has 0 radical (unpaired) electrons. The second-order valence-electron chi connectivity index (χ2n) is 5.74. The lowest BCUT2D eigenvalue weighted by Gasteiger charge is -2.32. The van der Waals surface area contributed by atoms with Gasteiger partial charge >= 0.3 is 0 Å². The maximum atomic E-state index is 11.7. The zero-order valence-electron chi connectivity index (χ0n) is 13.1. The standard InChI is InChI=1S/C18H24N2O/c1-5-14(2)18-12-16(6-7-17(18)15(3)21)13-20-10-8-19(4)9-11-20/h5-7,12H,1-2,8-11,13H2,3-4H3. The van der Waals surface area contributed by atoms with E-state index in [4.69, 9.17) is 0 Å². The van der Waals surface area contributed by atoms with Gasteiger partial charge in [0.2, 0.25) is 0 Å². The average molecular weight is 284 g/mol. The minimum Gasteiger partial charge on any atom is -0.304 e. The monoisotopic (exact) mass is 284 g/mol. The maximum absolute atomic E-state index is 11.7. The zero-order chi connectivity index (χ0) is 15.4. The summed E-state index contributed by atoms with van der Waals surface area (Å²) in [5, 5.41) is 0. The molecule has 1 aliphatic rings. The van der Waals surface area contributed by atoms with Gasteiger partial charge in [-0.05, 0) is 36.7 Å². The summed E-state index contributed by atoms with van der Waals surface area (Å²) < 4.78 is 0. The second kappa shape index (κ2) is 6.83. The van der Waals surface area contributed by atoms with Crippen LogP contribution in [0.2, 0.25) is 0 Å². The van der Waals surface area contributed by atoms with Crippen molar-refractivity contribution in [1.29, 1.82) is 0 Å². The molecule has 0 saturated carbocycles. The quantitative estimate of drug-likeness (QED) is 0.613. The van der Waals surface area contributed by atoms with E-state index in [0.29, 0.717) is 0 Å². The van der Waals surface area contributed by atoms with Gasteiger partial charge in [-0.25, -0.2) is 0 Å². The van der Waals surface area contributed by atoms with Gasteiger partial charge in [-0.15, -0.1) is 0 Å². The van der Waals surface area contributed by atoms with Crippen molar-refractivity contribution in [3.05, 3.63) is 54.1 Å². The Hall–Kier alpha value is -1.71. The first-order valence-corrected chi connectivity index (χ1v) is 7.37. The van der Waals surface area contributed by atoms with Gasteiger partial charge in [0.1, 0.15) is 0 Å². The molecule has 1 heterocycles. The molecular formula is C18H24N2O. The Balaban J connectivity index is 2.19. The Morgan fingerprint density at radius 1 is 1.24 bits per heavy atom. The summed E-state index contributed by atoms with van der Waals surface area (Å²) in [5.41, 5.74) is 3.66. The van der Waals surface area contributed by atoms with Gasteiger partial charge in [-0.2, -0.15) is 0 Å². The van der Waals surface area contributed by atoms with Crippen LogP contribution in [-0.2, 0) is 6.54 Å². The van der Waals surface area contributed by atoms with Crippen LogP contribution < -0.4 is 0 Å². The summed E-state index contributed by atoms with van der Waals surface area (Å²) in [6, 6.07) is 6.05. The fraction of sp³-hybridized carbons (Fsp3) is 0.389. The maximum Gasteiger partial charge on any atom is 0.160 e. The molecule has 1 aliphatic heterocycles. The highest BCUT2D eigenvalue weighted by molar-refractivity contribution is 6.00. The molecule has 0 N–H and O–H groups in total. The normalized spacial score (nSPS) is 16.7. The van der Waals surface area contributed by atoms with Gasteiger partial charge in [0.25, 0.3) is 0 Å². The van der Waals surface area contributed by atoms with Gasteiger partial charge in [-0.1, -0.05) is 31.4 Å². The van der Waals surface area contributed by atoms with Crippen molar-refractivity contribution in [3.63, 3.8) is 0 Å². The van der Waals surface area contributed by atoms with Gasteiger partial charge in [-0.3, -0.25) is 9.69 Å². The van der Waals surface area contributed by atoms with E-state index in [2.05, 4.69) is 42.1 Å². The predicted octanol–water partition coefficient (Wildman–Crippen LogP) is 2.84. The molecule has 0 aromatic heterocycles. The van der Waals surface area contributed by atoms with Crippen LogP contribution >= 0.6 is 0 Å². The van der Waals surface area contributed by atoms with Crippen molar-refractivity contribution >= 4 is 11.4 Å². The van der Waals surface area contributed by atoms with E-state index in [-0.39, 0.29) is 5.78 Å². The highest BCUT2D eigenvalue weighted by Crippen LogP contribution is 2.22. The molecule has 1 saturated heterocycles. The topological polar surface area (TPSA) is 23.6 Å². The fourth-order valence-corrected chi connectivity index (χ4v) is 2.64. The number of hydrogen-bond donors (Lipinski definition) is 0. The van der Waals surface area contributed by atoms with Crippen molar-refractivity contribution in [1.82, 2.24) is 9.80 Å². The number of ketones is 1. The Labute approximate surface area is 127 Å². The van der Waals surface area contributed by atoms with Crippen LogP contribution in [0.5, 0.6) is 0 Å². The Kier molecular flexibility index (Phi) is 5.10. The molecule has 1 fully saturated rings. The van der Waals surface area contributed by atoms with Crippen LogP contribution in [0.15, 0.2) is 37.4 Å². The summed E-state index contributed by atoms with van der Waals surface area (Å²) in [5.74, 6) is 0.0687. The minimum atomic E-state index is 0.0687. The summed E-state index contributed by atoms with van der Waals surface area (Å²) in [7, 11) is 2.16. The molecule has 3 nitrogen and oxygen atoms in total. The van der Waals surface area contributed by atoms with Crippen LogP contribution in [0.4, 0.5) is 0 Å². The van der Waals surface area contributed by atoms with Crippen LogP contribution in [0.1, 0.15) is 28.4 Å². The van der Waals surface area contributed by atoms with Crippen LogP contribution in [0.3, 0.4) is 0 Å². The third-order valence-corrected chi connectivity index (χ3v) is 4.06. The van der Waals surface area contributed by atoms with E-state index in [1.807, 2.05) is 6.07 Å². The number of allylic oxidation sites excluding steroid dienone is 2. The molecule has 0 atom stereocenters. The number of benzene rings is 1. The molecule has 0 aliphatic carbocycles.